The summed E-state index contributed by atoms with van der Waals surface area (Å²) in [5.41, 5.74) is 3.94. The molecule has 1 aromatic rings. The van der Waals surface area contributed by atoms with Gasteiger partial charge in [-0.05, 0) is 11.6 Å². The first kappa shape index (κ1) is 7.73. The molecule has 0 spiro atoms. The molecular formula is C10H8N2O. The number of benzene rings is 1. The Morgan fingerprint density at radius 1 is 1.23 bits per heavy atom. The van der Waals surface area contributed by atoms with Crippen LogP contribution >= 0.6 is 0 Å². The first-order chi connectivity index (χ1) is 6.36. The van der Waals surface area contributed by atoms with Crippen LogP contribution in [0, 0.1) is 0 Å². The molecule has 0 radical (unpaired) electrons. The van der Waals surface area contributed by atoms with Gasteiger partial charge in [0.05, 0.1) is 11.8 Å². The van der Waals surface area contributed by atoms with Crippen LogP contribution in [0.1, 0.15) is 5.56 Å². The van der Waals surface area contributed by atoms with Gasteiger partial charge in [-0.3, -0.25) is 4.79 Å². The van der Waals surface area contributed by atoms with Crippen molar-refractivity contribution in [2.75, 3.05) is 0 Å². The maximum absolute atomic E-state index is 11.1. The van der Waals surface area contributed by atoms with E-state index >= 15 is 0 Å². The predicted octanol–water partition coefficient (Wildman–Crippen LogP) is 1.19. The van der Waals surface area contributed by atoms with Crippen molar-refractivity contribution in [2.24, 2.45) is 5.10 Å². The Labute approximate surface area is 75.8 Å². The Morgan fingerprint density at radius 3 is 2.62 bits per heavy atom. The van der Waals surface area contributed by atoms with Gasteiger partial charge < -0.3 is 0 Å². The molecule has 0 saturated heterocycles. The molecule has 3 heteroatoms. The number of hydrogen-bond acceptors (Lipinski definition) is 2. The Bertz CT molecular complexity index is 379. The number of hydrazone groups is 1. The van der Waals surface area contributed by atoms with E-state index in [9.17, 15) is 4.79 Å². The second-order valence-corrected chi connectivity index (χ2v) is 2.71. The average Bonchev–Trinajstić information content (AvgIpc) is 2.54. The second kappa shape index (κ2) is 3.23. The second-order valence-electron chi connectivity index (χ2n) is 2.71. The van der Waals surface area contributed by atoms with Gasteiger partial charge in [0.2, 0.25) is 0 Å². The third-order valence-corrected chi connectivity index (χ3v) is 1.75. The molecule has 3 nitrogen and oxygen atoms in total. The molecule has 1 aromatic carbocycles. The van der Waals surface area contributed by atoms with Gasteiger partial charge in [0.1, 0.15) is 0 Å². The van der Waals surface area contributed by atoms with E-state index in [4.69, 9.17) is 0 Å². The zero-order valence-electron chi connectivity index (χ0n) is 6.90. The largest absolute Gasteiger partial charge is 0.273 e. The van der Waals surface area contributed by atoms with Crippen molar-refractivity contribution in [3.8, 4) is 0 Å². The van der Waals surface area contributed by atoms with Crippen molar-refractivity contribution >= 4 is 18.2 Å². The van der Waals surface area contributed by atoms with Gasteiger partial charge in [0.15, 0.2) is 0 Å². The van der Waals surface area contributed by atoms with Crippen LogP contribution < -0.4 is 5.43 Å². The van der Waals surface area contributed by atoms with Crippen LogP contribution in [0.15, 0.2) is 41.0 Å². The highest BCUT2D eigenvalue weighted by Gasteiger charge is 2.10. The minimum atomic E-state index is -0.149. The van der Waals surface area contributed by atoms with Crippen LogP contribution in [-0.4, -0.2) is 12.1 Å². The van der Waals surface area contributed by atoms with E-state index in [-0.39, 0.29) is 5.91 Å². The predicted molar refractivity (Wildman–Crippen MR) is 51.1 cm³/mol. The lowest BCUT2D eigenvalue weighted by Gasteiger charge is -1.92. The van der Waals surface area contributed by atoms with Crippen molar-refractivity contribution in [3.05, 3.63) is 41.5 Å². The first-order valence-electron chi connectivity index (χ1n) is 3.96. The summed E-state index contributed by atoms with van der Waals surface area (Å²) in [5, 5.41) is 3.65. The van der Waals surface area contributed by atoms with Gasteiger partial charge in [-0.15, -0.1) is 0 Å². The minimum absolute atomic E-state index is 0.149. The first-order valence-corrected chi connectivity index (χ1v) is 3.96. The van der Waals surface area contributed by atoms with E-state index in [2.05, 4.69) is 10.5 Å². The molecule has 0 atom stereocenters. The van der Waals surface area contributed by atoms with Gasteiger partial charge in [-0.1, -0.05) is 30.3 Å². The fourth-order valence-electron chi connectivity index (χ4n) is 1.12. The highest BCUT2D eigenvalue weighted by molar-refractivity contribution is 6.18. The molecule has 13 heavy (non-hydrogen) atoms. The highest BCUT2D eigenvalue weighted by Crippen LogP contribution is 2.07. The van der Waals surface area contributed by atoms with Gasteiger partial charge in [-0.2, -0.15) is 5.10 Å². The Hall–Kier alpha value is -1.90. The van der Waals surface area contributed by atoms with Crippen LogP contribution in [0.3, 0.4) is 0 Å². The van der Waals surface area contributed by atoms with E-state index in [1.807, 2.05) is 30.3 Å². The Balaban J connectivity index is 2.30. The molecule has 0 saturated carbocycles. The fraction of sp³-hybridized carbons (Fsp3) is 0. The quantitative estimate of drug-likeness (QED) is 0.635. The standard InChI is InChI=1S/C10H8N2O/c13-10-9(7-11-12-10)6-8-4-2-1-3-5-8/h1-7H,(H,12,13)/b9-6+. The fourth-order valence-corrected chi connectivity index (χ4v) is 1.12. The molecule has 64 valence electrons. The number of nitrogens with one attached hydrogen (secondary N) is 1. The molecular weight excluding hydrogens is 164 g/mol. The van der Waals surface area contributed by atoms with Crippen LogP contribution in [0.2, 0.25) is 0 Å². The van der Waals surface area contributed by atoms with Crippen LogP contribution in [0.5, 0.6) is 0 Å². The topological polar surface area (TPSA) is 41.5 Å². The maximum Gasteiger partial charge on any atom is 0.273 e. The summed E-state index contributed by atoms with van der Waals surface area (Å²) in [6.07, 6.45) is 3.32. The van der Waals surface area contributed by atoms with E-state index < -0.39 is 0 Å². The molecule has 2 rings (SSSR count). The molecule has 0 unspecified atom stereocenters. The Kier molecular flexibility index (Phi) is 1.92. The molecule has 1 heterocycles. The number of hydrogen-bond donors (Lipinski definition) is 1. The lowest BCUT2D eigenvalue weighted by Crippen LogP contribution is -2.11. The molecule has 1 amide bonds. The van der Waals surface area contributed by atoms with Crippen molar-refractivity contribution in [3.63, 3.8) is 0 Å². The molecule has 0 bridgehead atoms. The van der Waals surface area contributed by atoms with Crippen molar-refractivity contribution < 1.29 is 4.79 Å². The lowest BCUT2D eigenvalue weighted by atomic mass is 10.1. The van der Waals surface area contributed by atoms with Crippen LogP contribution in [0.4, 0.5) is 0 Å². The summed E-state index contributed by atoms with van der Waals surface area (Å²) < 4.78 is 0. The lowest BCUT2D eigenvalue weighted by molar-refractivity contribution is -0.116. The number of carbonyl (C=O) groups is 1. The third kappa shape index (κ3) is 1.64. The molecule has 1 N–H and O–H groups in total. The van der Waals surface area contributed by atoms with Crippen molar-refractivity contribution in [1.82, 2.24) is 5.43 Å². The monoisotopic (exact) mass is 172 g/mol. The SMILES string of the molecule is O=C1NN=C/C1=C\c1ccccc1. The molecule has 0 aromatic heterocycles. The van der Waals surface area contributed by atoms with Crippen LogP contribution in [0.25, 0.3) is 6.08 Å². The normalized spacial score (nSPS) is 17.8. The molecule has 0 aliphatic carbocycles. The summed E-state index contributed by atoms with van der Waals surface area (Å²) in [6.45, 7) is 0. The molecule has 1 aliphatic heterocycles. The third-order valence-electron chi connectivity index (χ3n) is 1.75. The number of amides is 1. The van der Waals surface area contributed by atoms with E-state index in [0.29, 0.717) is 5.57 Å². The van der Waals surface area contributed by atoms with Gasteiger partial charge in [0, 0.05) is 0 Å². The highest BCUT2D eigenvalue weighted by atomic mass is 16.2. The van der Waals surface area contributed by atoms with E-state index in [0.717, 1.165) is 5.56 Å². The summed E-state index contributed by atoms with van der Waals surface area (Å²) >= 11 is 0. The van der Waals surface area contributed by atoms with Gasteiger partial charge in [0.25, 0.3) is 5.91 Å². The van der Waals surface area contributed by atoms with Crippen molar-refractivity contribution in [1.29, 1.82) is 0 Å². The van der Waals surface area contributed by atoms with E-state index in [1.165, 1.54) is 6.21 Å². The molecule has 1 aliphatic rings. The maximum atomic E-state index is 11.1. The number of carbonyl (C=O) groups excluding carboxylic acids is 1. The molecule has 0 fully saturated rings. The average molecular weight is 172 g/mol. The zero-order valence-corrected chi connectivity index (χ0v) is 6.90. The number of nitrogens with zero attached hydrogens (tertiary/aromatic N) is 1. The Morgan fingerprint density at radius 2 is 2.00 bits per heavy atom. The zero-order chi connectivity index (χ0) is 9.10. The van der Waals surface area contributed by atoms with Crippen molar-refractivity contribution in [2.45, 2.75) is 0 Å². The van der Waals surface area contributed by atoms with Crippen LogP contribution in [-0.2, 0) is 4.79 Å². The summed E-state index contributed by atoms with van der Waals surface area (Å²) in [7, 11) is 0. The van der Waals surface area contributed by atoms with Gasteiger partial charge >= 0.3 is 0 Å². The van der Waals surface area contributed by atoms with Gasteiger partial charge in [-0.25, -0.2) is 5.43 Å². The smallest absolute Gasteiger partial charge is 0.267 e. The van der Waals surface area contributed by atoms with E-state index in [1.54, 1.807) is 6.08 Å². The summed E-state index contributed by atoms with van der Waals surface area (Å²) in [4.78, 5) is 11.1. The summed E-state index contributed by atoms with van der Waals surface area (Å²) in [5.74, 6) is -0.149. The summed E-state index contributed by atoms with van der Waals surface area (Å²) in [6, 6.07) is 9.66. The number of rotatable bonds is 1. The minimum Gasteiger partial charge on any atom is -0.267 e.